The van der Waals surface area contributed by atoms with Gasteiger partial charge in [0.25, 0.3) is 5.91 Å². The molecule has 6 nitrogen and oxygen atoms in total. The Labute approximate surface area is 79.7 Å². The van der Waals surface area contributed by atoms with Crippen molar-refractivity contribution < 1.29 is 19.6 Å². The Morgan fingerprint density at radius 2 is 2.36 bits per heavy atom. The van der Waals surface area contributed by atoms with Crippen LogP contribution in [0.25, 0.3) is 0 Å². The normalized spacial score (nSPS) is 14.0. The van der Waals surface area contributed by atoms with E-state index in [1.165, 1.54) is 12.3 Å². The van der Waals surface area contributed by atoms with E-state index in [1.54, 1.807) is 0 Å². The predicted molar refractivity (Wildman–Crippen MR) is 48.2 cm³/mol. The van der Waals surface area contributed by atoms with Gasteiger partial charge in [0.15, 0.2) is 6.61 Å². The fourth-order valence-electron chi connectivity index (χ4n) is 1.13. The minimum absolute atomic E-state index is 0.0684. The molecule has 0 spiro atoms. The Morgan fingerprint density at radius 1 is 1.57 bits per heavy atom. The van der Waals surface area contributed by atoms with Crippen LogP contribution in [0.15, 0.2) is 12.3 Å². The van der Waals surface area contributed by atoms with Gasteiger partial charge in [-0.2, -0.15) is 0 Å². The lowest BCUT2D eigenvalue weighted by Crippen LogP contribution is -2.33. The highest BCUT2D eigenvalue weighted by Crippen LogP contribution is 2.22. The third-order valence-electron chi connectivity index (χ3n) is 1.78. The van der Waals surface area contributed by atoms with Crippen LogP contribution in [0.3, 0.4) is 0 Å². The van der Waals surface area contributed by atoms with Crippen LogP contribution in [0.4, 0.5) is 5.69 Å². The largest absolute Gasteiger partial charge is 0.490 e. The number of pyridine rings is 1. The molecule has 1 aliphatic heterocycles. The van der Waals surface area contributed by atoms with Crippen LogP contribution < -0.4 is 15.5 Å². The molecule has 2 heterocycles. The van der Waals surface area contributed by atoms with Crippen molar-refractivity contribution in [3.63, 3.8) is 0 Å². The van der Waals surface area contributed by atoms with Gasteiger partial charge in [0.05, 0.1) is 0 Å². The molecule has 0 aromatic carbocycles. The van der Waals surface area contributed by atoms with Crippen molar-refractivity contribution in [2.75, 3.05) is 11.9 Å². The number of ether oxygens (including phenoxy) is 1. The molecular weight excluding hydrogens is 187 g/mol. The summed E-state index contributed by atoms with van der Waals surface area (Å²) in [6, 6.07) is 1.41. The molecule has 0 atom stereocenters. The molecule has 1 aromatic rings. The molecule has 0 radical (unpaired) electrons. The first kappa shape index (κ1) is 8.98. The van der Waals surface area contributed by atoms with Crippen LogP contribution >= 0.6 is 0 Å². The second kappa shape index (κ2) is 3.28. The summed E-state index contributed by atoms with van der Waals surface area (Å²) in [6.45, 7) is -0.0684. The summed E-state index contributed by atoms with van der Waals surface area (Å²) >= 11 is 0. The predicted octanol–water partition coefficient (Wildman–Crippen LogP) is -1.91. The highest BCUT2D eigenvalue weighted by molar-refractivity contribution is 6.58. The van der Waals surface area contributed by atoms with Gasteiger partial charge in [-0.05, 0) is 6.07 Å². The number of fused-ring (bicyclic) bond motifs is 1. The van der Waals surface area contributed by atoms with E-state index < -0.39 is 7.12 Å². The van der Waals surface area contributed by atoms with Crippen molar-refractivity contribution >= 4 is 24.2 Å². The maximum atomic E-state index is 10.9. The van der Waals surface area contributed by atoms with Gasteiger partial charge >= 0.3 is 7.12 Å². The van der Waals surface area contributed by atoms with Gasteiger partial charge in [-0.3, -0.25) is 4.79 Å². The first-order valence-electron chi connectivity index (χ1n) is 3.95. The highest BCUT2D eigenvalue weighted by atomic mass is 16.5. The van der Waals surface area contributed by atoms with Crippen molar-refractivity contribution in [1.29, 1.82) is 0 Å². The molecule has 0 unspecified atom stereocenters. The second-order valence-electron chi connectivity index (χ2n) is 2.83. The quantitative estimate of drug-likeness (QED) is 0.453. The summed E-state index contributed by atoms with van der Waals surface area (Å²) in [5.74, 6) is -0.00196. The second-order valence-corrected chi connectivity index (χ2v) is 2.83. The van der Waals surface area contributed by atoms with E-state index in [1.807, 2.05) is 0 Å². The molecular formula is C7H7BN2O4. The van der Waals surface area contributed by atoms with Gasteiger partial charge in [0.2, 0.25) is 5.88 Å². The Balaban J connectivity index is 2.37. The number of aromatic nitrogens is 1. The van der Waals surface area contributed by atoms with Gasteiger partial charge in [0, 0.05) is 11.7 Å². The SMILES string of the molecule is O=C1COc2ncc(B(O)O)cc2N1. The van der Waals surface area contributed by atoms with Crippen LogP contribution in [0.2, 0.25) is 0 Å². The minimum Gasteiger partial charge on any atom is -0.466 e. The molecule has 1 amide bonds. The molecule has 0 saturated carbocycles. The number of hydrogen-bond acceptors (Lipinski definition) is 5. The number of hydrogen-bond donors (Lipinski definition) is 3. The summed E-state index contributed by atoms with van der Waals surface area (Å²) in [5.41, 5.74) is 0.557. The van der Waals surface area contributed by atoms with Crippen molar-refractivity contribution in [3.8, 4) is 5.88 Å². The average Bonchev–Trinajstić information content (AvgIpc) is 2.16. The summed E-state index contributed by atoms with van der Waals surface area (Å²) in [4.78, 5) is 14.7. The molecule has 7 heteroatoms. The summed E-state index contributed by atoms with van der Waals surface area (Å²) in [6.07, 6.45) is 1.28. The number of nitrogens with zero attached hydrogens (tertiary/aromatic N) is 1. The lowest BCUT2D eigenvalue weighted by atomic mass is 9.81. The smallest absolute Gasteiger partial charge is 0.466 e. The van der Waals surface area contributed by atoms with Crippen molar-refractivity contribution in [1.82, 2.24) is 4.98 Å². The van der Waals surface area contributed by atoms with Crippen molar-refractivity contribution in [2.45, 2.75) is 0 Å². The molecule has 14 heavy (non-hydrogen) atoms. The summed E-state index contributed by atoms with van der Waals surface area (Å²) in [7, 11) is -1.60. The van der Waals surface area contributed by atoms with E-state index >= 15 is 0 Å². The molecule has 0 saturated heterocycles. The van der Waals surface area contributed by atoms with Gasteiger partial charge in [-0.25, -0.2) is 4.98 Å². The van der Waals surface area contributed by atoms with Crippen LogP contribution in [-0.2, 0) is 4.79 Å². The zero-order chi connectivity index (χ0) is 10.1. The van der Waals surface area contributed by atoms with Crippen molar-refractivity contribution in [3.05, 3.63) is 12.3 Å². The van der Waals surface area contributed by atoms with Gasteiger partial charge in [0.1, 0.15) is 5.69 Å². The van der Waals surface area contributed by atoms with Gasteiger partial charge in [-0.15, -0.1) is 0 Å². The first-order valence-corrected chi connectivity index (χ1v) is 3.95. The molecule has 0 aliphatic carbocycles. The Hall–Kier alpha value is -1.60. The average molecular weight is 194 g/mol. The van der Waals surface area contributed by atoms with E-state index in [0.29, 0.717) is 5.69 Å². The maximum absolute atomic E-state index is 10.9. The highest BCUT2D eigenvalue weighted by Gasteiger charge is 2.20. The van der Waals surface area contributed by atoms with E-state index in [2.05, 4.69) is 10.3 Å². The monoisotopic (exact) mass is 194 g/mol. The third-order valence-corrected chi connectivity index (χ3v) is 1.78. The molecule has 0 bridgehead atoms. The number of rotatable bonds is 1. The summed E-state index contributed by atoms with van der Waals surface area (Å²) < 4.78 is 4.98. The number of nitrogens with one attached hydrogen (secondary N) is 1. The zero-order valence-electron chi connectivity index (χ0n) is 7.10. The molecule has 1 aromatic heterocycles. The van der Waals surface area contributed by atoms with E-state index in [4.69, 9.17) is 14.8 Å². The first-order chi connectivity index (χ1) is 6.66. The number of anilines is 1. The fraction of sp³-hybridized carbons (Fsp3) is 0.143. The van der Waals surface area contributed by atoms with Gasteiger partial charge < -0.3 is 20.1 Å². The number of carbonyl (C=O) groups excluding carboxylic acids is 1. The fourth-order valence-corrected chi connectivity index (χ4v) is 1.13. The van der Waals surface area contributed by atoms with Crippen LogP contribution in [-0.4, -0.2) is 34.7 Å². The Kier molecular flexibility index (Phi) is 2.10. The van der Waals surface area contributed by atoms with Gasteiger partial charge in [-0.1, -0.05) is 0 Å². The minimum atomic E-state index is -1.60. The topological polar surface area (TPSA) is 91.7 Å². The van der Waals surface area contributed by atoms with Crippen molar-refractivity contribution in [2.24, 2.45) is 0 Å². The third kappa shape index (κ3) is 1.55. The van der Waals surface area contributed by atoms with E-state index in [0.717, 1.165) is 0 Å². The summed E-state index contributed by atoms with van der Waals surface area (Å²) in [5, 5.41) is 20.2. The Bertz CT molecular complexity index is 382. The van der Waals surface area contributed by atoms with Crippen LogP contribution in [0.1, 0.15) is 0 Å². The Morgan fingerprint density at radius 3 is 3.07 bits per heavy atom. The number of carbonyl (C=O) groups is 1. The van der Waals surface area contributed by atoms with E-state index in [9.17, 15) is 4.79 Å². The molecule has 3 N–H and O–H groups in total. The maximum Gasteiger partial charge on any atom is 0.490 e. The lowest BCUT2D eigenvalue weighted by Gasteiger charge is -2.16. The molecule has 2 rings (SSSR count). The van der Waals surface area contributed by atoms with Crippen LogP contribution in [0.5, 0.6) is 5.88 Å². The molecule has 0 fully saturated rings. The molecule has 72 valence electrons. The van der Waals surface area contributed by atoms with E-state index in [-0.39, 0.29) is 23.9 Å². The zero-order valence-corrected chi connectivity index (χ0v) is 7.10. The lowest BCUT2D eigenvalue weighted by molar-refractivity contribution is -0.118. The molecule has 1 aliphatic rings. The van der Waals surface area contributed by atoms with Crippen LogP contribution in [0, 0.1) is 0 Å². The number of amides is 1. The standard InChI is InChI=1S/C7H7BN2O4/c11-6-3-14-7-5(10-6)1-4(2-9-7)8(12)13/h1-2,12-13H,3H2,(H,10,11).